The number of fused-ring (bicyclic) bond motifs is 1. The average Bonchev–Trinajstić information content (AvgIpc) is 3.07. The first-order chi connectivity index (χ1) is 15.0. The number of ether oxygens (including phenoxy) is 1. The fraction of sp³-hybridized carbons (Fsp3) is 0.350. The van der Waals surface area contributed by atoms with E-state index in [9.17, 15) is 39.6 Å². The molecule has 0 aromatic heterocycles. The van der Waals surface area contributed by atoms with E-state index in [1.807, 2.05) is 0 Å². The van der Waals surface area contributed by atoms with Gasteiger partial charge in [0.05, 0.1) is 16.0 Å². The Hall–Kier alpha value is -2.96. The van der Waals surface area contributed by atoms with E-state index in [4.69, 9.17) is 10.5 Å². The molecule has 1 heterocycles. The van der Waals surface area contributed by atoms with Crippen molar-refractivity contribution in [3.05, 3.63) is 52.6 Å². The summed E-state index contributed by atoms with van der Waals surface area (Å²) in [5.74, 6) is -1.42. The number of nitrogens with two attached hydrogens (primary N) is 1. The summed E-state index contributed by atoms with van der Waals surface area (Å²) in [6, 6.07) is 4.72. The molecule has 6 nitrogen and oxygen atoms in total. The number of anilines is 1. The molecule has 0 saturated carbocycles. The number of carbonyl (C=O) groups is 1. The van der Waals surface area contributed by atoms with Crippen molar-refractivity contribution in [2.24, 2.45) is 0 Å². The maximum Gasteiger partial charge on any atom is 0.425 e. The number of benzene rings is 2. The second-order valence-electron chi connectivity index (χ2n) is 7.60. The predicted octanol–water partition coefficient (Wildman–Crippen LogP) is 4.18. The standard InChI is InChI=1S/C20H18F6N2O4S/c1-10(19(21,22)23)32-17-4-3-13(33(2,30)31)7-14(17)18(29)28-8-11-5-15(20(24,25)26)16(27)6-12(11)9-28/h3-7,10H,8-9,27H2,1-2H3/t10-/m0/s1. The van der Waals surface area contributed by atoms with Crippen LogP contribution in [0.5, 0.6) is 5.75 Å². The van der Waals surface area contributed by atoms with Crippen LogP contribution in [0.1, 0.15) is 34.0 Å². The highest BCUT2D eigenvalue weighted by atomic mass is 32.2. The Labute approximate surface area is 184 Å². The average molecular weight is 496 g/mol. The Balaban J connectivity index is 1.99. The van der Waals surface area contributed by atoms with Crippen LogP contribution in [0.15, 0.2) is 35.2 Å². The molecule has 0 bridgehead atoms. The first kappa shape index (κ1) is 24.7. The summed E-state index contributed by atoms with van der Waals surface area (Å²) in [5.41, 5.74) is 3.91. The highest BCUT2D eigenvalue weighted by Gasteiger charge is 2.39. The molecule has 0 saturated heterocycles. The lowest BCUT2D eigenvalue weighted by Gasteiger charge is -2.22. The zero-order valence-corrected chi connectivity index (χ0v) is 18.0. The molecular formula is C20H18F6N2O4S. The number of nitrogen functional groups attached to an aromatic ring is 1. The van der Waals surface area contributed by atoms with Gasteiger partial charge in [0.15, 0.2) is 15.9 Å². The van der Waals surface area contributed by atoms with E-state index < -0.39 is 56.8 Å². The normalized spacial score (nSPS) is 15.3. The molecule has 1 aliphatic rings. The Morgan fingerprint density at radius 3 is 2.15 bits per heavy atom. The number of hydrogen-bond acceptors (Lipinski definition) is 5. The van der Waals surface area contributed by atoms with Crippen molar-refractivity contribution in [2.45, 2.75) is 43.4 Å². The molecule has 2 aromatic carbocycles. The maximum atomic E-state index is 13.1. The van der Waals surface area contributed by atoms with Crippen LogP contribution in [-0.2, 0) is 29.1 Å². The maximum absolute atomic E-state index is 13.1. The van der Waals surface area contributed by atoms with Gasteiger partial charge in [0, 0.05) is 25.0 Å². The van der Waals surface area contributed by atoms with Crippen molar-refractivity contribution in [1.82, 2.24) is 4.90 Å². The molecule has 0 aliphatic carbocycles. The smallest absolute Gasteiger partial charge is 0.425 e. The quantitative estimate of drug-likeness (QED) is 0.507. The van der Waals surface area contributed by atoms with E-state index >= 15 is 0 Å². The van der Waals surface area contributed by atoms with Crippen LogP contribution in [-0.4, -0.2) is 37.8 Å². The molecule has 0 fully saturated rings. The fourth-order valence-corrected chi connectivity index (χ4v) is 3.94. The van der Waals surface area contributed by atoms with E-state index in [0.717, 1.165) is 41.5 Å². The minimum absolute atomic E-state index is 0.162. The third kappa shape index (κ3) is 5.18. The Kier molecular flexibility index (Phi) is 6.07. The SMILES string of the molecule is C[C@H](Oc1ccc(S(C)(=O)=O)cc1C(=O)N1Cc2cc(N)c(C(F)(F)F)cc2C1)C(F)(F)F. The lowest BCUT2D eigenvalue weighted by atomic mass is 10.0. The largest absolute Gasteiger partial charge is 0.480 e. The zero-order valence-electron chi connectivity index (χ0n) is 17.2. The van der Waals surface area contributed by atoms with Crippen LogP contribution >= 0.6 is 0 Å². The Morgan fingerprint density at radius 1 is 1.06 bits per heavy atom. The van der Waals surface area contributed by atoms with E-state index in [1.54, 1.807) is 0 Å². The van der Waals surface area contributed by atoms with Crippen molar-refractivity contribution < 1.29 is 44.3 Å². The van der Waals surface area contributed by atoms with Crippen LogP contribution in [0.2, 0.25) is 0 Å². The van der Waals surface area contributed by atoms with Crippen LogP contribution in [0, 0.1) is 0 Å². The van der Waals surface area contributed by atoms with Gasteiger partial charge in [-0.25, -0.2) is 8.42 Å². The fourth-order valence-electron chi connectivity index (χ4n) is 3.30. The lowest BCUT2D eigenvalue weighted by molar-refractivity contribution is -0.189. The summed E-state index contributed by atoms with van der Waals surface area (Å²) in [4.78, 5) is 13.9. The van der Waals surface area contributed by atoms with E-state index in [2.05, 4.69) is 0 Å². The number of amides is 1. The zero-order chi connectivity index (χ0) is 24.9. The van der Waals surface area contributed by atoms with Crippen LogP contribution < -0.4 is 10.5 Å². The van der Waals surface area contributed by atoms with Crippen molar-refractivity contribution in [3.8, 4) is 5.75 Å². The molecule has 2 aromatic rings. The second kappa shape index (κ2) is 8.12. The van der Waals surface area contributed by atoms with Crippen LogP contribution in [0.3, 0.4) is 0 Å². The molecule has 1 atom stereocenters. The van der Waals surface area contributed by atoms with E-state index in [0.29, 0.717) is 12.5 Å². The highest BCUT2D eigenvalue weighted by Crippen LogP contribution is 2.38. The number of hydrogen-bond donors (Lipinski definition) is 1. The molecule has 1 aliphatic heterocycles. The van der Waals surface area contributed by atoms with Crippen molar-refractivity contribution in [3.63, 3.8) is 0 Å². The molecule has 0 spiro atoms. The van der Waals surface area contributed by atoms with Crippen molar-refractivity contribution in [1.29, 1.82) is 0 Å². The van der Waals surface area contributed by atoms with Crippen LogP contribution in [0.25, 0.3) is 0 Å². The third-order valence-corrected chi connectivity index (χ3v) is 6.17. The number of alkyl halides is 6. The summed E-state index contributed by atoms with van der Waals surface area (Å²) in [6.45, 7) is 0.259. The second-order valence-corrected chi connectivity index (χ2v) is 9.61. The molecule has 13 heteroatoms. The van der Waals surface area contributed by atoms with Gasteiger partial charge in [-0.3, -0.25) is 4.79 Å². The Bertz CT molecular complexity index is 1210. The number of carbonyl (C=O) groups excluding carboxylic acids is 1. The molecule has 33 heavy (non-hydrogen) atoms. The van der Waals surface area contributed by atoms with E-state index in [1.165, 1.54) is 0 Å². The Morgan fingerprint density at radius 2 is 1.64 bits per heavy atom. The highest BCUT2D eigenvalue weighted by molar-refractivity contribution is 7.90. The number of nitrogens with zero attached hydrogens (tertiary/aromatic N) is 1. The number of rotatable bonds is 4. The molecule has 1 amide bonds. The first-order valence-corrected chi connectivity index (χ1v) is 11.2. The van der Waals surface area contributed by atoms with Gasteiger partial charge in [0.2, 0.25) is 0 Å². The molecule has 180 valence electrons. The van der Waals surface area contributed by atoms with Crippen LogP contribution in [0.4, 0.5) is 32.0 Å². The summed E-state index contributed by atoms with van der Waals surface area (Å²) in [6.07, 6.45) is -10.9. The third-order valence-electron chi connectivity index (χ3n) is 5.06. The minimum atomic E-state index is -4.76. The first-order valence-electron chi connectivity index (χ1n) is 9.33. The van der Waals surface area contributed by atoms with Gasteiger partial charge in [-0.1, -0.05) is 0 Å². The lowest BCUT2D eigenvalue weighted by Crippen LogP contribution is -2.32. The van der Waals surface area contributed by atoms with Gasteiger partial charge in [0.25, 0.3) is 5.91 Å². The van der Waals surface area contributed by atoms with Gasteiger partial charge >= 0.3 is 12.4 Å². The minimum Gasteiger partial charge on any atom is -0.480 e. The summed E-state index contributed by atoms with van der Waals surface area (Å²) < 4.78 is 107. The topological polar surface area (TPSA) is 89.7 Å². The summed E-state index contributed by atoms with van der Waals surface area (Å²) >= 11 is 0. The van der Waals surface area contributed by atoms with Gasteiger partial charge in [-0.05, 0) is 48.4 Å². The van der Waals surface area contributed by atoms with Crippen molar-refractivity contribution >= 4 is 21.4 Å². The molecule has 2 N–H and O–H groups in total. The molecule has 0 radical (unpaired) electrons. The number of sulfone groups is 1. The van der Waals surface area contributed by atoms with Crippen molar-refractivity contribution in [2.75, 3.05) is 12.0 Å². The predicted molar refractivity (Wildman–Crippen MR) is 105 cm³/mol. The molecular weight excluding hydrogens is 478 g/mol. The monoisotopic (exact) mass is 496 g/mol. The van der Waals surface area contributed by atoms with Gasteiger partial charge < -0.3 is 15.4 Å². The van der Waals surface area contributed by atoms with Gasteiger partial charge in [-0.15, -0.1) is 0 Å². The van der Waals surface area contributed by atoms with Gasteiger partial charge in [-0.2, -0.15) is 26.3 Å². The number of halogens is 6. The van der Waals surface area contributed by atoms with E-state index in [-0.39, 0.29) is 23.5 Å². The molecule has 0 unspecified atom stereocenters. The molecule has 3 rings (SSSR count). The summed E-state index contributed by atoms with van der Waals surface area (Å²) in [7, 11) is -3.83. The summed E-state index contributed by atoms with van der Waals surface area (Å²) in [5, 5.41) is 0. The van der Waals surface area contributed by atoms with Gasteiger partial charge in [0.1, 0.15) is 5.75 Å².